The van der Waals surface area contributed by atoms with Crippen LogP contribution >= 0.6 is 11.6 Å². The molecule has 10 heteroatoms. The van der Waals surface area contributed by atoms with Crippen molar-refractivity contribution in [2.24, 2.45) is 0 Å². The molecule has 2 amide bonds. The summed E-state index contributed by atoms with van der Waals surface area (Å²) in [6.07, 6.45) is 4.88. The largest absolute Gasteiger partial charge is 0.352 e. The van der Waals surface area contributed by atoms with Gasteiger partial charge in [0.15, 0.2) is 0 Å². The van der Waals surface area contributed by atoms with Gasteiger partial charge in [0.05, 0.1) is 10.6 Å². The standard InChI is InChI=1S/C30H33ClFN3O4S/c1-22(30(37)33-25-11-4-2-5-12-25)34(20-23-10-8-9-15-28(23)32)29(36)21-35(26-18-16-24(31)17-19-26)40(38,39)27-13-6-3-7-14-27/h3,6-10,13-19,22,25H,2,4-5,11-12,20-21H2,1H3,(H,33,37). The molecule has 0 aliphatic heterocycles. The third-order valence-corrected chi connectivity index (χ3v) is 9.18. The van der Waals surface area contributed by atoms with Crippen molar-refractivity contribution in [3.63, 3.8) is 0 Å². The van der Waals surface area contributed by atoms with E-state index in [1.165, 1.54) is 47.4 Å². The average Bonchev–Trinajstić information content (AvgIpc) is 2.96. The SMILES string of the molecule is CC(C(=O)NC1CCCCC1)N(Cc1ccccc1F)C(=O)CN(c1ccc(Cl)cc1)S(=O)(=O)c1ccccc1. The highest BCUT2D eigenvalue weighted by atomic mass is 35.5. The minimum absolute atomic E-state index is 0.00138. The maximum atomic E-state index is 14.7. The predicted molar refractivity (Wildman–Crippen MR) is 154 cm³/mol. The molecule has 3 aromatic rings. The van der Waals surface area contributed by atoms with Gasteiger partial charge in [-0.3, -0.25) is 13.9 Å². The van der Waals surface area contributed by atoms with Gasteiger partial charge in [0.2, 0.25) is 11.8 Å². The van der Waals surface area contributed by atoms with Gasteiger partial charge >= 0.3 is 0 Å². The number of hydrogen-bond acceptors (Lipinski definition) is 4. The highest BCUT2D eigenvalue weighted by Crippen LogP contribution is 2.26. The Kier molecular flexibility index (Phi) is 9.81. The number of amides is 2. The lowest BCUT2D eigenvalue weighted by Crippen LogP contribution is -2.53. The monoisotopic (exact) mass is 585 g/mol. The highest BCUT2D eigenvalue weighted by molar-refractivity contribution is 7.92. The molecule has 1 fully saturated rings. The fourth-order valence-corrected chi connectivity index (χ4v) is 6.38. The van der Waals surface area contributed by atoms with E-state index in [2.05, 4.69) is 5.32 Å². The molecule has 1 unspecified atom stereocenters. The third-order valence-electron chi connectivity index (χ3n) is 7.14. The van der Waals surface area contributed by atoms with Gasteiger partial charge in [-0.15, -0.1) is 0 Å². The number of nitrogens with zero attached hydrogens (tertiary/aromatic N) is 2. The van der Waals surface area contributed by atoms with Crippen molar-refractivity contribution in [3.05, 3.63) is 95.3 Å². The summed E-state index contributed by atoms with van der Waals surface area (Å²) >= 11 is 6.04. The molecule has 7 nitrogen and oxygen atoms in total. The molecule has 1 N–H and O–H groups in total. The number of nitrogens with one attached hydrogen (secondary N) is 1. The lowest BCUT2D eigenvalue weighted by Gasteiger charge is -2.33. The zero-order valence-electron chi connectivity index (χ0n) is 22.3. The second-order valence-corrected chi connectivity index (χ2v) is 12.2. The quantitative estimate of drug-likeness (QED) is 0.338. The van der Waals surface area contributed by atoms with Gasteiger partial charge in [0.25, 0.3) is 10.0 Å². The van der Waals surface area contributed by atoms with E-state index in [-0.39, 0.29) is 34.6 Å². The van der Waals surface area contributed by atoms with Crippen LogP contribution in [0.4, 0.5) is 10.1 Å². The normalized spacial score (nSPS) is 14.8. The topological polar surface area (TPSA) is 86.8 Å². The fraction of sp³-hybridized carbons (Fsp3) is 0.333. The zero-order valence-corrected chi connectivity index (χ0v) is 23.9. The molecule has 0 aromatic heterocycles. The van der Waals surface area contributed by atoms with E-state index < -0.39 is 34.3 Å². The Bertz CT molecular complexity index is 1410. The summed E-state index contributed by atoms with van der Waals surface area (Å²) in [5.74, 6) is -1.53. The number of carbonyl (C=O) groups is 2. The summed E-state index contributed by atoms with van der Waals surface area (Å²) in [6.45, 7) is 0.772. The van der Waals surface area contributed by atoms with Crippen LogP contribution in [0.15, 0.2) is 83.8 Å². The minimum Gasteiger partial charge on any atom is -0.352 e. The van der Waals surface area contributed by atoms with Gasteiger partial charge in [-0.25, -0.2) is 12.8 Å². The maximum Gasteiger partial charge on any atom is 0.264 e. The van der Waals surface area contributed by atoms with Gasteiger partial charge < -0.3 is 10.2 Å². The van der Waals surface area contributed by atoms with Crippen LogP contribution in [-0.2, 0) is 26.2 Å². The summed E-state index contributed by atoms with van der Waals surface area (Å²) in [5.41, 5.74) is 0.448. The Hall–Kier alpha value is -3.43. The predicted octanol–water partition coefficient (Wildman–Crippen LogP) is 5.54. The molecule has 0 heterocycles. The zero-order chi connectivity index (χ0) is 28.7. The first-order valence-corrected chi connectivity index (χ1v) is 15.1. The maximum absolute atomic E-state index is 14.7. The van der Waals surface area contributed by atoms with Crippen molar-refractivity contribution in [1.29, 1.82) is 0 Å². The van der Waals surface area contributed by atoms with Crippen LogP contribution in [0.2, 0.25) is 5.02 Å². The van der Waals surface area contributed by atoms with E-state index in [0.29, 0.717) is 5.02 Å². The van der Waals surface area contributed by atoms with Crippen LogP contribution in [0.1, 0.15) is 44.6 Å². The summed E-state index contributed by atoms with van der Waals surface area (Å²) < 4.78 is 43.1. The van der Waals surface area contributed by atoms with Gasteiger partial charge in [-0.05, 0) is 62.2 Å². The van der Waals surface area contributed by atoms with Gasteiger partial charge in [-0.1, -0.05) is 67.3 Å². The lowest BCUT2D eigenvalue weighted by atomic mass is 9.95. The summed E-state index contributed by atoms with van der Waals surface area (Å²) in [5, 5.41) is 3.43. The molecular weight excluding hydrogens is 553 g/mol. The Morgan fingerprint density at radius 3 is 2.23 bits per heavy atom. The van der Waals surface area contributed by atoms with Crippen molar-refractivity contribution in [2.45, 2.75) is 62.6 Å². The Morgan fingerprint density at radius 2 is 1.57 bits per heavy atom. The second kappa shape index (κ2) is 13.3. The Labute approximate surface area is 240 Å². The Morgan fingerprint density at radius 1 is 0.950 bits per heavy atom. The first kappa shape index (κ1) is 29.6. The van der Waals surface area contributed by atoms with Crippen LogP contribution in [0, 0.1) is 5.82 Å². The minimum atomic E-state index is -4.18. The van der Waals surface area contributed by atoms with Crippen LogP contribution in [0.3, 0.4) is 0 Å². The average molecular weight is 586 g/mol. The first-order valence-electron chi connectivity index (χ1n) is 13.3. The first-order chi connectivity index (χ1) is 19.2. The molecule has 40 heavy (non-hydrogen) atoms. The van der Waals surface area contributed by atoms with E-state index in [9.17, 15) is 22.4 Å². The van der Waals surface area contributed by atoms with Crippen molar-refractivity contribution < 1.29 is 22.4 Å². The lowest BCUT2D eigenvalue weighted by molar-refractivity contribution is -0.139. The third kappa shape index (κ3) is 7.20. The van der Waals surface area contributed by atoms with E-state index in [0.717, 1.165) is 36.4 Å². The highest BCUT2D eigenvalue weighted by Gasteiger charge is 2.33. The molecule has 212 valence electrons. The number of anilines is 1. The summed E-state index contributed by atoms with van der Waals surface area (Å²) in [4.78, 5) is 28.5. The fourth-order valence-electron chi connectivity index (χ4n) is 4.82. The molecule has 0 bridgehead atoms. The van der Waals surface area contributed by atoms with Crippen molar-refractivity contribution >= 4 is 39.1 Å². The number of hydrogen-bond donors (Lipinski definition) is 1. The smallest absolute Gasteiger partial charge is 0.264 e. The molecule has 1 aliphatic rings. The van der Waals surface area contributed by atoms with Crippen LogP contribution in [0.25, 0.3) is 0 Å². The van der Waals surface area contributed by atoms with Gasteiger partial charge in [0, 0.05) is 23.2 Å². The summed E-state index contributed by atoms with van der Waals surface area (Å²) in [7, 11) is -4.18. The van der Waals surface area contributed by atoms with E-state index >= 15 is 0 Å². The molecular formula is C30H33ClFN3O4S. The van der Waals surface area contributed by atoms with E-state index in [4.69, 9.17) is 11.6 Å². The van der Waals surface area contributed by atoms with Gasteiger partial charge in [0.1, 0.15) is 18.4 Å². The molecule has 0 spiro atoms. The number of rotatable bonds is 10. The van der Waals surface area contributed by atoms with Crippen molar-refractivity contribution in [1.82, 2.24) is 10.2 Å². The Balaban J connectivity index is 1.67. The van der Waals surface area contributed by atoms with Crippen LogP contribution in [-0.4, -0.2) is 43.8 Å². The second-order valence-electron chi connectivity index (χ2n) is 9.93. The number of sulfonamides is 1. The number of carbonyl (C=O) groups excluding carboxylic acids is 2. The number of benzene rings is 3. The van der Waals surface area contributed by atoms with Gasteiger partial charge in [-0.2, -0.15) is 0 Å². The molecule has 0 saturated heterocycles. The van der Waals surface area contributed by atoms with Crippen LogP contribution < -0.4 is 9.62 Å². The van der Waals surface area contributed by atoms with E-state index in [1.807, 2.05) is 0 Å². The van der Waals surface area contributed by atoms with Crippen molar-refractivity contribution in [2.75, 3.05) is 10.8 Å². The van der Waals surface area contributed by atoms with E-state index in [1.54, 1.807) is 43.3 Å². The molecule has 1 aliphatic carbocycles. The molecule has 0 radical (unpaired) electrons. The number of halogens is 2. The van der Waals surface area contributed by atoms with Crippen LogP contribution in [0.5, 0.6) is 0 Å². The summed E-state index contributed by atoms with van der Waals surface area (Å²) in [6, 6.07) is 18.9. The van der Waals surface area contributed by atoms with Crippen molar-refractivity contribution in [3.8, 4) is 0 Å². The molecule has 3 aromatic carbocycles. The molecule has 1 atom stereocenters. The molecule has 4 rings (SSSR count). The molecule has 1 saturated carbocycles.